The molecule has 0 saturated carbocycles. The van der Waals surface area contributed by atoms with Gasteiger partial charge in [0.25, 0.3) is 0 Å². The molecule has 5 nitrogen and oxygen atoms in total. The number of benzene rings is 1. The number of ether oxygens (including phenoxy) is 1. The fourth-order valence-corrected chi connectivity index (χ4v) is 4.69. The summed E-state index contributed by atoms with van der Waals surface area (Å²) in [6, 6.07) is 8.85. The Bertz CT molecular complexity index is 858. The third-order valence-electron chi connectivity index (χ3n) is 6.46. The van der Waals surface area contributed by atoms with E-state index in [2.05, 4.69) is 48.9 Å². The highest BCUT2D eigenvalue weighted by atomic mass is 16.6. The van der Waals surface area contributed by atoms with Crippen molar-refractivity contribution in [2.75, 3.05) is 19.6 Å². The van der Waals surface area contributed by atoms with Gasteiger partial charge in [-0.15, -0.1) is 0 Å². The van der Waals surface area contributed by atoms with Gasteiger partial charge in [0.05, 0.1) is 12.1 Å². The van der Waals surface area contributed by atoms with Gasteiger partial charge in [0.2, 0.25) is 0 Å². The van der Waals surface area contributed by atoms with Crippen molar-refractivity contribution >= 4 is 17.0 Å². The number of hydrogen-bond acceptors (Lipinski definition) is 4. The van der Waals surface area contributed by atoms with Crippen LogP contribution >= 0.6 is 0 Å². The normalized spacial score (nSPS) is 20.7. The quantitative estimate of drug-likeness (QED) is 0.764. The topological polar surface area (TPSA) is 45.7 Å². The number of carbonyl (C=O) groups is 1. The highest BCUT2D eigenvalue weighted by Crippen LogP contribution is 2.35. The van der Waals surface area contributed by atoms with Crippen LogP contribution in [0.25, 0.3) is 10.9 Å². The van der Waals surface area contributed by atoms with Gasteiger partial charge in [-0.25, -0.2) is 4.79 Å². The molecule has 3 heterocycles. The summed E-state index contributed by atoms with van der Waals surface area (Å²) in [5.41, 5.74) is 3.35. The van der Waals surface area contributed by atoms with Gasteiger partial charge in [0, 0.05) is 50.1 Å². The first-order valence-corrected chi connectivity index (χ1v) is 10.6. The molecule has 1 spiro atoms. The highest BCUT2D eigenvalue weighted by molar-refractivity contribution is 5.84. The smallest absolute Gasteiger partial charge is 0.410 e. The highest BCUT2D eigenvalue weighted by Gasteiger charge is 2.47. The molecule has 1 atom stereocenters. The van der Waals surface area contributed by atoms with Crippen LogP contribution in [0, 0.1) is 6.92 Å². The molecule has 0 bridgehead atoms. The van der Waals surface area contributed by atoms with Gasteiger partial charge >= 0.3 is 6.09 Å². The lowest BCUT2D eigenvalue weighted by molar-refractivity contribution is -0.00123. The molecule has 2 aromatic rings. The molecule has 2 aliphatic heterocycles. The van der Waals surface area contributed by atoms with Crippen LogP contribution in [0.3, 0.4) is 0 Å². The number of aryl methyl sites for hydroxylation is 1. The SMILES string of the molecule is CCCC(C)N1CC2(CCN(Cc3ccc(C)c4ncccc34)CC2)OC1=O. The summed E-state index contributed by atoms with van der Waals surface area (Å²) in [6.45, 7) is 9.99. The molecular formula is C23H31N3O2. The second kappa shape index (κ2) is 7.70. The van der Waals surface area contributed by atoms with Gasteiger partial charge < -0.3 is 9.64 Å². The van der Waals surface area contributed by atoms with E-state index in [9.17, 15) is 4.79 Å². The van der Waals surface area contributed by atoms with Crippen molar-refractivity contribution in [2.24, 2.45) is 0 Å². The Kier molecular flexibility index (Phi) is 5.28. The largest absolute Gasteiger partial charge is 0.441 e. The van der Waals surface area contributed by atoms with Gasteiger partial charge in [-0.1, -0.05) is 31.5 Å². The Morgan fingerprint density at radius 1 is 1.25 bits per heavy atom. The van der Waals surface area contributed by atoms with Crippen molar-refractivity contribution in [3.8, 4) is 0 Å². The van der Waals surface area contributed by atoms with Crippen LogP contribution in [0.5, 0.6) is 0 Å². The minimum Gasteiger partial charge on any atom is -0.441 e. The van der Waals surface area contributed by atoms with Crippen LogP contribution in [0.2, 0.25) is 0 Å². The minimum absolute atomic E-state index is 0.120. The summed E-state index contributed by atoms with van der Waals surface area (Å²) in [4.78, 5) is 21.4. The van der Waals surface area contributed by atoms with Crippen LogP contribution in [0.15, 0.2) is 30.5 Å². The van der Waals surface area contributed by atoms with Crippen molar-refractivity contribution in [2.45, 2.75) is 64.6 Å². The maximum absolute atomic E-state index is 12.4. The fourth-order valence-electron chi connectivity index (χ4n) is 4.69. The van der Waals surface area contributed by atoms with Crippen LogP contribution in [0.1, 0.15) is 50.7 Å². The van der Waals surface area contributed by atoms with Gasteiger partial charge in [-0.3, -0.25) is 9.88 Å². The molecule has 2 fully saturated rings. The number of amides is 1. The third kappa shape index (κ3) is 3.60. The molecule has 0 radical (unpaired) electrons. The van der Waals surface area contributed by atoms with E-state index in [1.165, 1.54) is 16.5 Å². The zero-order valence-corrected chi connectivity index (χ0v) is 17.3. The van der Waals surface area contributed by atoms with Crippen molar-refractivity contribution < 1.29 is 9.53 Å². The van der Waals surface area contributed by atoms with Gasteiger partial charge in [-0.05, 0) is 37.5 Å². The molecule has 150 valence electrons. The van der Waals surface area contributed by atoms with E-state index in [1.807, 2.05) is 17.2 Å². The number of carbonyl (C=O) groups excluding carboxylic acids is 1. The van der Waals surface area contributed by atoms with Crippen molar-refractivity contribution in [3.63, 3.8) is 0 Å². The van der Waals surface area contributed by atoms with Crippen LogP contribution in [0.4, 0.5) is 4.79 Å². The number of rotatable bonds is 5. The van der Waals surface area contributed by atoms with Gasteiger partial charge in [-0.2, -0.15) is 0 Å². The van der Waals surface area contributed by atoms with E-state index in [4.69, 9.17) is 4.74 Å². The number of likely N-dealkylation sites (tertiary alicyclic amines) is 1. The van der Waals surface area contributed by atoms with Crippen molar-refractivity contribution in [1.82, 2.24) is 14.8 Å². The molecule has 2 aliphatic rings. The lowest BCUT2D eigenvalue weighted by Crippen LogP contribution is -2.47. The molecular weight excluding hydrogens is 350 g/mol. The first-order valence-electron chi connectivity index (χ1n) is 10.6. The predicted octanol–water partition coefficient (Wildman–Crippen LogP) is 4.52. The average molecular weight is 382 g/mol. The standard InChI is InChI=1S/C23H31N3O2/c1-4-6-18(3)26-16-23(28-22(26)27)10-13-25(14-11-23)15-19-9-8-17(2)21-20(19)7-5-12-24-21/h5,7-9,12,18H,4,6,10-11,13-16H2,1-3H3. The zero-order chi connectivity index (χ0) is 19.7. The van der Waals surface area contributed by atoms with Crippen LogP contribution in [-0.4, -0.2) is 52.2 Å². The van der Waals surface area contributed by atoms with E-state index in [0.29, 0.717) is 0 Å². The molecule has 1 unspecified atom stereocenters. The monoisotopic (exact) mass is 381 g/mol. The summed E-state index contributed by atoms with van der Waals surface area (Å²) in [6.07, 6.45) is 5.69. The number of pyridine rings is 1. The Morgan fingerprint density at radius 3 is 2.79 bits per heavy atom. The zero-order valence-electron chi connectivity index (χ0n) is 17.3. The predicted molar refractivity (Wildman–Crippen MR) is 111 cm³/mol. The molecule has 0 N–H and O–H groups in total. The Morgan fingerprint density at radius 2 is 2.04 bits per heavy atom. The summed E-state index contributed by atoms with van der Waals surface area (Å²) < 4.78 is 5.90. The number of aromatic nitrogens is 1. The van der Waals surface area contributed by atoms with Gasteiger partial charge in [0.15, 0.2) is 0 Å². The second-order valence-electron chi connectivity index (χ2n) is 8.53. The first-order chi connectivity index (χ1) is 13.5. The van der Waals surface area contributed by atoms with E-state index in [0.717, 1.165) is 57.4 Å². The van der Waals surface area contributed by atoms with Crippen molar-refractivity contribution in [3.05, 3.63) is 41.6 Å². The Labute approximate surface area is 167 Å². The van der Waals surface area contributed by atoms with E-state index < -0.39 is 0 Å². The minimum atomic E-state index is -0.285. The summed E-state index contributed by atoms with van der Waals surface area (Å²) in [5, 5.41) is 1.25. The lowest BCUT2D eigenvalue weighted by atomic mass is 9.90. The molecule has 1 amide bonds. The Hall–Kier alpha value is -2.14. The number of nitrogens with zero attached hydrogens (tertiary/aromatic N) is 3. The first kappa shape index (κ1) is 19.2. The summed E-state index contributed by atoms with van der Waals surface area (Å²) in [5.74, 6) is 0. The van der Waals surface area contributed by atoms with E-state index >= 15 is 0 Å². The van der Waals surface area contributed by atoms with Crippen molar-refractivity contribution in [1.29, 1.82) is 0 Å². The Balaban J connectivity index is 1.42. The van der Waals surface area contributed by atoms with Crippen LogP contribution < -0.4 is 0 Å². The molecule has 1 aromatic heterocycles. The third-order valence-corrected chi connectivity index (χ3v) is 6.46. The molecule has 5 heteroatoms. The maximum Gasteiger partial charge on any atom is 0.410 e. The van der Waals surface area contributed by atoms with Crippen LogP contribution in [-0.2, 0) is 11.3 Å². The molecule has 4 rings (SSSR count). The maximum atomic E-state index is 12.4. The molecule has 0 aliphatic carbocycles. The molecule has 2 saturated heterocycles. The average Bonchev–Trinajstić information content (AvgIpc) is 3.02. The molecule has 1 aromatic carbocycles. The summed E-state index contributed by atoms with van der Waals surface area (Å²) >= 11 is 0. The fraction of sp³-hybridized carbons (Fsp3) is 0.565. The van der Waals surface area contributed by atoms with E-state index in [-0.39, 0.29) is 17.7 Å². The number of piperidine rings is 1. The summed E-state index contributed by atoms with van der Waals surface area (Å²) in [7, 11) is 0. The second-order valence-corrected chi connectivity index (χ2v) is 8.53. The number of hydrogen-bond donors (Lipinski definition) is 0. The lowest BCUT2D eigenvalue weighted by Gasteiger charge is -2.37. The molecule has 28 heavy (non-hydrogen) atoms. The van der Waals surface area contributed by atoms with Gasteiger partial charge in [0.1, 0.15) is 5.60 Å². The van der Waals surface area contributed by atoms with E-state index in [1.54, 1.807) is 0 Å². The number of fused-ring (bicyclic) bond motifs is 1.